The molecule has 0 unspecified atom stereocenters. The number of nitrogens with zero attached hydrogens (tertiary/aromatic N) is 2. The third-order valence-corrected chi connectivity index (χ3v) is 8.30. The van der Waals surface area contributed by atoms with Crippen molar-refractivity contribution in [3.05, 3.63) is 23.2 Å². The van der Waals surface area contributed by atoms with E-state index in [-0.39, 0.29) is 17.7 Å². The fraction of sp³-hybridized carbons (Fsp3) is 0.429. The molecule has 0 fully saturated rings. The molecular formula is C14H18ClN2O4PS2. The van der Waals surface area contributed by atoms with Gasteiger partial charge in [-0.1, -0.05) is 11.6 Å². The summed E-state index contributed by atoms with van der Waals surface area (Å²) in [7, 11) is 1.66. The minimum Gasteiger partial charge on any atom is -0.322 e. The van der Waals surface area contributed by atoms with E-state index < -0.39 is 5.69 Å². The summed E-state index contributed by atoms with van der Waals surface area (Å²) < 4.78 is 11.0. The first-order valence-electron chi connectivity index (χ1n) is 7.27. The van der Waals surface area contributed by atoms with Crippen LogP contribution >= 0.6 is 28.7 Å². The van der Waals surface area contributed by atoms with Gasteiger partial charge in [0.1, 0.15) is 6.54 Å². The van der Waals surface area contributed by atoms with E-state index in [4.69, 9.17) is 32.5 Å². The molecule has 10 heteroatoms. The average Bonchev–Trinajstić information content (AvgIpc) is 2.50. The normalized spacial score (nSPS) is 14.8. The van der Waals surface area contributed by atoms with Crippen molar-refractivity contribution >= 4 is 63.0 Å². The molecule has 0 bridgehead atoms. The van der Waals surface area contributed by atoms with Crippen molar-refractivity contribution in [2.75, 3.05) is 36.6 Å². The molecule has 1 aromatic carbocycles. The van der Waals surface area contributed by atoms with E-state index in [1.807, 2.05) is 0 Å². The minimum absolute atomic E-state index is 0.0801. The van der Waals surface area contributed by atoms with Crippen molar-refractivity contribution in [2.45, 2.75) is 13.8 Å². The molecule has 1 aromatic rings. The Labute approximate surface area is 155 Å². The number of hydrogen-bond acceptors (Lipinski definition) is 6. The molecule has 1 aliphatic rings. The highest BCUT2D eigenvalue weighted by Gasteiger charge is 2.34. The smallest absolute Gasteiger partial charge is 0.295 e. The number of carbonyl (C=O) groups excluding carboxylic acids is 2. The summed E-state index contributed by atoms with van der Waals surface area (Å²) in [5.41, 5.74) is -1.62. The van der Waals surface area contributed by atoms with Crippen LogP contribution in [0.3, 0.4) is 0 Å². The van der Waals surface area contributed by atoms with Crippen LogP contribution in [-0.2, 0) is 25.6 Å². The number of benzene rings is 1. The van der Waals surface area contributed by atoms with Gasteiger partial charge in [-0.2, -0.15) is 0 Å². The largest absolute Gasteiger partial charge is 0.322 e. The standard InChI is InChI=1S/C14H18ClN2O4PS2/c1-4-20-22(23,21-5-2)24-14(19)17-9-13(18)16(3)11-7-6-10(15)8-12(11)17/h6-8H,4-5,9H2,1-3H3. The first-order valence-corrected chi connectivity index (χ1v) is 11.7. The Hall–Kier alpha value is -0.630. The van der Waals surface area contributed by atoms with Crippen LogP contribution in [0.5, 0.6) is 0 Å². The van der Waals surface area contributed by atoms with E-state index in [1.54, 1.807) is 39.1 Å². The average molecular weight is 409 g/mol. The molecule has 0 radical (unpaired) electrons. The van der Waals surface area contributed by atoms with Crippen LogP contribution in [0, 0.1) is 0 Å². The summed E-state index contributed by atoms with van der Waals surface area (Å²) in [6.45, 7) is 4.20. The van der Waals surface area contributed by atoms with E-state index in [9.17, 15) is 9.59 Å². The van der Waals surface area contributed by atoms with Crippen molar-refractivity contribution in [3.8, 4) is 0 Å². The predicted octanol–water partition coefficient (Wildman–Crippen LogP) is 4.27. The molecule has 24 heavy (non-hydrogen) atoms. The maximum absolute atomic E-state index is 12.8. The van der Waals surface area contributed by atoms with Crippen molar-refractivity contribution in [2.24, 2.45) is 0 Å². The highest BCUT2D eigenvalue weighted by atomic mass is 35.5. The van der Waals surface area contributed by atoms with Gasteiger partial charge < -0.3 is 13.9 Å². The Kier molecular flexibility index (Phi) is 6.70. The number of anilines is 2. The summed E-state index contributed by atoms with van der Waals surface area (Å²) in [5, 5.41) is 0.0959. The van der Waals surface area contributed by atoms with E-state index in [0.29, 0.717) is 29.6 Å². The number of hydrogen-bond donors (Lipinski definition) is 0. The molecule has 6 nitrogen and oxygen atoms in total. The molecule has 0 aliphatic carbocycles. The molecule has 0 N–H and O–H groups in total. The summed E-state index contributed by atoms with van der Waals surface area (Å²) in [5.74, 6) is -0.195. The summed E-state index contributed by atoms with van der Waals surface area (Å²) in [4.78, 5) is 27.8. The first-order chi connectivity index (χ1) is 11.3. The van der Waals surface area contributed by atoms with Crippen molar-refractivity contribution in [1.82, 2.24) is 0 Å². The zero-order valence-corrected chi connectivity index (χ0v) is 16.8. The molecule has 132 valence electrons. The Morgan fingerprint density at radius 3 is 2.54 bits per heavy atom. The molecule has 0 spiro atoms. The number of fused-ring (bicyclic) bond motifs is 1. The lowest BCUT2D eigenvalue weighted by Crippen LogP contribution is -2.45. The van der Waals surface area contributed by atoms with Gasteiger partial charge in [0.05, 0.1) is 24.6 Å². The summed E-state index contributed by atoms with van der Waals surface area (Å²) >= 11 is 12.3. The SMILES string of the molecule is CCOP(=S)(OCC)SC(=O)N1CC(=O)N(C)c2ccc(Cl)cc21. The van der Waals surface area contributed by atoms with Gasteiger partial charge in [-0.25, -0.2) is 0 Å². The number of carbonyl (C=O) groups is 2. The third kappa shape index (κ3) is 4.31. The fourth-order valence-electron chi connectivity index (χ4n) is 2.17. The Morgan fingerprint density at radius 1 is 1.33 bits per heavy atom. The number of likely N-dealkylation sites (N-methyl/N-ethyl adjacent to an activating group) is 1. The second-order valence-corrected chi connectivity index (χ2v) is 11.3. The van der Waals surface area contributed by atoms with Gasteiger partial charge in [-0.05, 0) is 43.9 Å². The van der Waals surface area contributed by atoms with E-state index in [0.717, 1.165) is 11.4 Å². The van der Waals surface area contributed by atoms with Crippen molar-refractivity contribution in [3.63, 3.8) is 0 Å². The van der Waals surface area contributed by atoms with E-state index >= 15 is 0 Å². The molecule has 2 rings (SSSR count). The van der Waals surface area contributed by atoms with Crippen LogP contribution in [0.1, 0.15) is 13.8 Å². The van der Waals surface area contributed by atoms with E-state index in [1.165, 1.54) is 9.80 Å². The van der Waals surface area contributed by atoms with Gasteiger partial charge in [0.15, 0.2) is 0 Å². The quantitative estimate of drug-likeness (QED) is 0.678. The lowest BCUT2D eigenvalue weighted by molar-refractivity contribution is -0.117. The second kappa shape index (κ2) is 8.17. The van der Waals surface area contributed by atoms with Gasteiger partial charge in [-0.15, -0.1) is 0 Å². The lowest BCUT2D eigenvalue weighted by atomic mass is 10.2. The molecule has 0 aromatic heterocycles. The molecule has 1 aliphatic heterocycles. The third-order valence-electron chi connectivity index (χ3n) is 3.24. The molecule has 0 saturated carbocycles. The lowest BCUT2D eigenvalue weighted by Gasteiger charge is -2.34. The zero-order chi connectivity index (χ0) is 17.9. The minimum atomic E-state index is -2.80. The van der Waals surface area contributed by atoms with Crippen LogP contribution in [-0.4, -0.2) is 38.0 Å². The molecule has 1 heterocycles. The van der Waals surface area contributed by atoms with Crippen LogP contribution in [0.25, 0.3) is 0 Å². The summed E-state index contributed by atoms with van der Waals surface area (Å²) in [6, 6.07) is 5.04. The molecule has 2 amide bonds. The van der Waals surface area contributed by atoms with E-state index in [2.05, 4.69) is 0 Å². The first kappa shape index (κ1) is 19.7. The Bertz CT molecular complexity index is 693. The maximum atomic E-state index is 12.8. The Morgan fingerprint density at radius 2 is 1.96 bits per heavy atom. The van der Waals surface area contributed by atoms with Crippen LogP contribution < -0.4 is 9.80 Å². The monoisotopic (exact) mass is 408 g/mol. The zero-order valence-electron chi connectivity index (χ0n) is 13.5. The molecule has 0 atom stereocenters. The van der Waals surface area contributed by atoms with Crippen LogP contribution in [0.2, 0.25) is 5.02 Å². The Balaban J connectivity index is 2.33. The number of halogens is 1. The predicted molar refractivity (Wildman–Crippen MR) is 103 cm³/mol. The molecular weight excluding hydrogens is 391 g/mol. The highest BCUT2D eigenvalue weighted by Crippen LogP contribution is 2.62. The maximum Gasteiger partial charge on any atom is 0.295 e. The fourth-order valence-corrected chi connectivity index (χ4v) is 6.63. The topological polar surface area (TPSA) is 59.1 Å². The van der Waals surface area contributed by atoms with Gasteiger partial charge in [0.25, 0.3) is 10.9 Å². The number of rotatable bonds is 5. The van der Waals surface area contributed by atoms with Crippen molar-refractivity contribution < 1.29 is 18.6 Å². The van der Waals surface area contributed by atoms with Gasteiger partial charge in [0.2, 0.25) is 5.91 Å². The van der Waals surface area contributed by atoms with Gasteiger partial charge >= 0.3 is 0 Å². The van der Waals surface area contributed by atoms with Crippen molar-refractivity contribution in [1.29, 1.82) is 0 Å². The van der Waals surface area contributed by atoms with Crippen LogP contribution in [0.15, 0.2) is 18.2 Å². The molecule has 0 saturated heterocycles. The van der Waals surface area contributed by atoms with Crippen LogP contribution in [0.4, 0.5) is 16.2 Å². The highest BCUT2D eigenvalue weighted by molar-refractivity contribution is 8.73. The number of amides is 2. The second-order valence-electron chi connectivity index (χ2n) is 4.81. The van der Waals surface area contributed by atoms with Gasteiger partial charge in [0, 0.05) is 23.5 Å². The summed E-state index contributed by atoms with van der Waals surface area (Å²) in [6.07, 6.45) is 0. The van der Waals surface area contributed by atoms with Gasteiger partial charge in [-0.3, -0.25) is 14.5 Å².